The van der Waals surface area contributed by atoms with Crippen LogP contribution in [0, 0.1) is 5.92 Å². The number of benzene rings is 1. The minimum Gasteiger partial charge on any atom is -0.396 e. The van der Waals surface area contributed by atoms with E-state index in [1.807, 2.05) is 24.3 Å². The van der Waals surface area contributed by atoms with E-state index in [2.05, 4.69) is 20.3 Å². The lowest BCUT2D eigenvalue weighted by molar-refractivity contribution is 0.00446. The highest BCUT2D eigenvalue weighted by Crippen LogP contribution is 2.35. The van der Waals surface area contributed by atoms with Crippen LogP contribution in [-0.4, -0.2) is 100 Å². The number of thiazole rings is 1. The summed E-state index contributed by atoms with van der Waals surface area (Å²) in [7, 11) is -3.32. The van der Waals surface area contributed by atoms with Gasteiger partial charge in [-0.15, -0.1) is 11.3 Å². The van der Waals surface area contributed by atoms with Gasteiger partial charge in [0.15, 0.2) is 0 Å². The molecule has 3 aromatic rings. The van der Waals surface area contributed by atoms with E-state index in [4.69, 9.17) is 0 Å². The van der Waals surface area contributed by atoms with Crippen molar-refractivity contribution in [3.63, 3.8) is 0 Å². The van der Waals surface area contributed by atoms with Crippen LogP contribution in [0.15, 0.2) is 29.1 Å². The first-order chi connectivity index (χ1) is 17.2. The Hall–Kier alpha value is -2.62. The maximum Gasteiger partial charge on any atom is 0.264 e. The van der Waals surface area contributed by atoms with Crippen molar-refractivity contribution in [3.8, 4) is 10.6 Å². The minimum absolute atomic E-state index is 0.202. The van der Waals surface area contributed by atoms with Crippen molar-refractivity contribution in [2.45, 2.75) is 24.7 Å². The van der Waals surface area contributed by atoms with E-state index < -0.39 is 39.8 Å². The summed E-state index contributed by atoms with van der Waals surface area (Å²) in [5.41, 5.74) is 0.517. The number of nitrogens with zero attached hydrogens (tertiary/aromatic N) is 4. The van der Waals surface area contributed by atoms with Gasteiger partial charge in [-0.1, -0.05) is 12.1 Å². The van der Waals surface area contributed by atoms with E-state index >= 15 is 0 Å². The number of aromatic amines is 1. The number of piperazine rings is 1. The molecular formula is C22H28N6O6S2. The van der Waals surface area contributed by atoms with E-state index in [0.717, 1.165) is 10.2 Å². The van der Waals surface area contributed by atoms with Crippen LogP contribution in [0.2, 0.25) is 0 Å². The zero-order chi connectivity index (χ0) is 25.6. The maximum atomic E-state index is 13.4. The van der Waals surface area contributed by atoms with Crippen molar-refractivity contribution >= 4 is 43.3 Å². The number of aliphatic hydroxyl groups is 3. The standard InChI is InChI=1S/C22H28N6O6S2/c1-36(33,34)28-8-6-27(7-9-28)22-25-19(23-14-10-12(11-29)17(30)18(14)31)16(20(32)26-22)21-24-13-4-2-3-5-15(13)35-21/h2-5,12,14,17-18,29-31H,6-11H2,1H3,(H2,23,25,26,32)/t12-,14-,17-,18+/m1/s1. The van der Waals surface area contributed by atoms with Gasteiger partial charge in [0.25, 0.3) is 5.56 Å². The topological polar surface area (TPSA) is 172 Å². The van der Waals surface area contributed by atoms with Crippen LogP contribution in [0.4, 0.5) is 11.8 Å². The first-order valence-electron chi connectivity index (χ1n) is 11.6. The van der Waals surface area contributed by atoms with Gasteiger partial charge >= 0.3 is 0 Å². The summed E-state index contributed by atoms with van der Waals surface area (Å²) < 4.78 is 26.0. The third-order valence-corrected chi connectivity index (χ3v) is 9.14. The summed E-state index contributed by atoms with van der Waals surface area (Å²) in [5.74, 6) is -0.0330. The maximum absolute atomic E-state index is 13.4. The average molecular weight is 537 g/mol. The van der Waals surface area contributed by atoms with E-state index in [9.17, 15) is 28.5 Å². The number of rotatable bonds is 6. The molecule has 0 radical (unpaired) electrons. The Labute approximate surface area is 211 Å². The normalized spacial score (nSPS) is 25.5. The van der Waals surface area contributed by atoms with Gasteiger partial charge in [-0.05, 0) is 18.6 Å². The first-order valence-corrected chi connectivity index (χ1v) is 14.3. The second-order valence-electron chi connectivity index (χ2n) is 9.16. The predicted octanol–water partition coefficient (Wildman–Crippen LogP) is -0.357. The third kappa shape index (κ3) is 4.71. The Balaban J connectivity index is 1.53. The Morgan fingerprint density at radius 2 is 1.86 bits per heavy atom. The fraction of sp³-hybridized carbons (Fsp3) is 0.500. The molecule has 0 amide bonds. The van der Waals surface area contributed by atoms with Gasteiger partial charge in [-0.3, -0.25) is 9.78 Å². The lowest BCUT2D eigenvalue weighted by atomic mass is 10.1. The number of hydrogen-bond acceptors (Lipinski definition) is 11. The van der Waals surface area contributed by atoms with Gasteiger partial charge in [0.05, 0.1) is 28.6 Å². The van der Waals surface area contributed by atoms with Crippen molar-refractivity contribution in [1.82, 2.24) is 19.3 Å². The number of sulfonamides is 1. The number of H-pyrrole nitrogens is 1. The smallest absolute Gasteiger partial charge is 0.264 e. The van der Waals surface area contributed by atoms with Crippen molar-refractivity contribution in [3.05, 3.63) is 34.6 Å². The van der Waals surface area contributed by atoms with Gasteiger partial charge in [0.2, 0.25) is 16.0 Å². The molecule has 1 aromatic carbocycles. The van der Waals surface area contributed by atoms with Crippen LogP contribution in [0.5, 0.6) is 0 Å². The number of hydrogen-bond donors (Lipinski definition) is 5. The molecule has 2 aromatic heterocycles. The van der Waals surface area contributed by atoms with E-state index in [1.165, 1.54) is 21.9 Å². The summed E-state index contributed by atoms with van der Waals surface area (Å²) in [6.07, 6.45) is -0.815. The van der Waals surface area contributed by atoms with Gasteiger partial charge in [-0.2, -0.15) is 9.29 Å². The molecule has 4 atom stereocenters. The molecule has 1 aliphatic heterocycles. The molecule has 5 N–H and O–H groups in total. The molecule has 36 heavy (non-hydrogen) atoms. The molecule has 1 aliphatic carbocycles. The number of para-hydroxylation sites is 1. The zero-order valence-electron chi connectivity index (χ0n) is 19.5. The van der Waals surface area contributed by atoms with Crippen molar-refractivity contribution in [2.24, 2.45) is 5.92 Å². The van der Waals surface area contributed by atoms with E-state index in [0.29, 0.717) is 18.1 Å². The second-order valence-corrected chi connectivity index (χ2v) is 12.2. The molecule has 1 saturated heterocycles. The quantitative estimate of drug-likeness (QED) is 0.280. The molecule has 0 spiro atoms. The van der Waals surface area contributed by atoms with Crippen LogP contribution < -0.4 is 15.8 Å². The third-order valence-electron chi connectivity index (χ3n) is 6.78. The minimum atomic E-state index is -3.32. The van der Waals surface area contributed by atoms with Crippen molar-refractivity contribution < 1.29 is 23.7 Å². The van der Waals surface area contributed by atoms with Crippen molar-refractivity contribution in [1.29, 1.82) is 0 Å². The number of nitrogens with one attached hydrogen (secondary N) is 2. The molecule has 2 aliphatic rings. The SMILES string of the molecule is CS(=O)(=O)N1CCN(c2nc(N[C@@H]3C[C@H](CO)[C@@H](O)[C@H]3O)c(-c3nc4ccccc4s3)c(=O)[nH]2)CC1. The zero-order valence-corrected chi connectivity index (χ0v) is 21.2. The average Bonchev–Trinajstić information content (AvgIpc) is 3.39. The molecule has 14 heteroatoms. The van der Waals surface area contributed by atoms with Crippen LogP contribution in [0.25, 0.3) is 20.8 Å². The largest absolute Gasteiger partial charge is 0.396 e. The lowest BCUT2D eigenvalue weighted by Crippen LogP contribution is -2.49. The van der Waals surface area contributed by atoms with Crippen LogP contribution in [-0.2, 0) is 10.0 Å². The summed E-state index contributed by atoms with van der Waals surface area (Å²) in [4.78, 5) is 27.3. The van der Waals surface area contributed by atoms with Gasteiger partial charge in [0, 0.05) is 38.7 Å². The van der Waals surface area contributed by atoms with Crippen LogP contribution in [0.1, 0.15) is 6.42 Å². The number of anilines is 2. The number of aromatic nitrogens is 3. The van der Waals surface area contributed by atoms with Crippen LogP contribution >= 0.6 is 11.3 Å². The summed E-state index contributed by atoms with van der Waals surface area (Å²) in [5, 5.41) is 34.0. The molecule has 194 valence electrons. The molecule has 5 rings (SSSR count). The van der Waals surface area contributed by atoms with Crippen LogP contribution in [0.3, 0.4) is 0 Å². The highest BCUT2D eigenvalue weighted by molar-refractivity contribution is 7.88. The van der Waals surface area contributed by atoms with Gasteiger partial charge in [0.1, 0.15) is 22.5 Å². The Morgan fingerprint density at radius 3 is 2.50 bits per heavy atom. The van der Waals surface area contributed by atoms with Gasteiger partial charge < -0.3 is 25.5 Å². The van der Waals surface area contributed by atoms with Crippen molar-refractivity contribution in [2.75, 3.05) is 49.3 Å². The summed E-state index contributed by atoms with van der Waals surface area (Å²) in [6.45, 7) is 0.924. The lowest BCUT2D eigenvalue weighted by Gasteiger charge is -2.33. The molecule has 12 nitrogen and oxygen atoms in total. The Bertz CT molecular complexity index is 1380. The molecule has 2 fully saturated rings. The monoisotopic (exact) mass is 536 g/mol. The Morgan fingerprint density at radius 1 is 1.14 bits per heavy atom. The fourth-order valence-electron chi connectivity index (χ4n) is 4.75. The number of aliphatic hydroxyl groups excluding tert-OH is 3. The molecule has 3 heterocycles. The van der Waals surface area contributed by atoms with Gasteiger partial charge in [-0.25, -0.2) is 13.4 Å². The summed E-state index contributed by atoms with van der Waals surface area (Å²) in [6, 6.07) is 6.86. The predicted molar refractivity (Wildman–Crippen MR) is 137 cm³/mol. The highest BCUT2D eigenvalue weighted by Gasteiger charge is 2.41. The fourth-order valence-corrected chi connectivity index (χ4v) is 6.58. The van der Waals surface area contributed by atoms with E-state index in [1.54, 1.807) is 4.90 Å². The summed E-state index contributed by atoms with van der Waals surface area (Å²) >= 11 is 1.34. The number of fused-ring (bicyclic) bond motifs is 1. The molecular weight excluding hydrogens is 508 g/mol. The first kappa shape index (κ1) is 25.0. The highest BCUT2D eigenvalue weighted by atomic mass is 32.2. The Kier molecular flexibility index (Phi) is 6.74. The second kappa shape index (κ2) is 9.68. The molecule has 1 saturated carbocycles. The molecule has 0 unspecified atom stereocenters. The molecule has 0 bridgehead atoms. The van der Waals surface area contributed by atoms with E-state index in [-0.39, 0.29) is 43.4 Å².